The van der Waals surface area contributed by atoms with Gasteiger partial charge in [-0.05, 0) is 13.8 Å². The summed E-state index contributed by atoms with van der Waals surface area (Å²) in [6.45, 7) is 4.23. The van der Waals surface area contributed by atoms with Gasteiger partial charge >= 0.3 is 0 Å². The van der Waals surface area contributed by atoms with Crippen LogP contribution in [-0.4, -0.2) is 31.0 Å². The van der Waals surface area contributed by atoms with Gasteiger partial charge in [0, 0.05) is 38.1 Å². The second-order valence-electron chi connectivity index (χ2n) is 3.72. The third-order valence-electron chi connectivity index (χ3n) is 2.40. The van der Waals surface area contributed by atoms with Crippen molar-refractivity contribution in [1.29, 1.82) is 0 Å². The van der Waals surface area contributed by atoms with Gasteiger partial charge in [0.05, 0.1) is 5.69 Å². The maximum Gasteiger partial charge on any atom is 0.182 e. The highest BCUT2D eigenvalue weighted by molar-refractivity contribution is 7.15. The molecule has 0 bridgehead atoms. The predicted octanol–water partition coefficient (Wildman–Crippen LogP) is 2.50. The average molecular weight is 225 g/mol. The Morgan fingerprint density at radius 1 is 1.53 bits per heavy atom. The molecule has 4 heteroatoms. The summed E-state index contributed by atoms with van der Waals surface area (Å²) in [6, 6.07) is 0. The van der Waals surface area contributed by atoms with Crippen LogP contribution in [-0.2, 0) is 6.42 Å². The van der Waals surface area contributed by atoms with Gasteiger partial charge < -0.3 is 10.2 Å². The number of aromatic nitrogens is 1. The van der Waals surface area contributed by atoms with Crippen LogP contribution in [0.25, 0.3) is 0 Å². The van der Waals surface area contributed by atoms with Crippen LogP contribution in [0.3, 0.4) is 0 Å². The molecule has 0 saturated heterocycles. The van der Waals surface area contributed by atoms with Crippen molar-refractivity contribution < 1.29 is 0 Å². The average Bonchev–Trinajstić information content (AvgIpc) is 2.55. The molecule has 0 spiro atoms. The normalized spacial score (nSPS) is 11.7. The van der Waals surface area contributed by atoms with Crippen LogP contribution < -0.4 is 5.32 Å². The molecule has 1 rings (SSSR count). The highest BCUT2D eigenvalue weighted by Gasteiger charge is 2.04. The van der Waals surface area contributed by atoms with E-state index in [0.717, 1.165) is 11.6 Å². The Balaban J connectivity index is 2.72. The number of nitrogens with one attached hydrogen (secondary N) is 1. The first-order valence-electron chi connectivity index (χ1n) is 5.02. The van der Waals surface area contributed by atoms with E-state index < -0.39 is 0 Å². The minimum atomic E-state index is 0.911. The van der Waals surface area contributed by atoms with Gasteiger partial charge in [0.2, 0.25) is 0 Å². The van der Waals surface area contributed by atoms with Crippen molar-refractivity contribution >= 4 is 16.5 Å². The van der Waals surface area contributed by atoms with Gasteiger partial charge in [0.25, 0.3) is 0 Å². The van der Waals surface area contributed by atoms with Crippen LogP contribution >= 0.6 is 11.3 Å². The Labute approximate surface area is 95.8 Å². The van der Waals surface area contributed by atoms with Crippen LogP contribution in [0.15, 0.2) is 11.8 Å². The summed E-state index contributed by atoms with van der Waals surface area (Å²) in [6.07, 6.45) is 3.12. The second kappa shape index (κ2) is 5.16. The monoisotopic (exact) mass is 225 g/mol. The fourth-order valence-electron chi connectivity index (χ4n) is 1.15. The summed E-state index contributed by atoms with van der Waals surface area (Å²) >= 11 is 1.71. The van der Waals surface area contributed by atoms with E-state index in [0.29, 0.717) is 0 Å². The van der Waals surface area contributed by atoms with E-state index in [1.54, 1.807) is 11.3 Å². The molecule has 0 amide bonds. The first-order chi connectivity index (χ1) is 7.04. The summed E-state index contributed by atoms with van der Waals surface area (Å²) < 4.78 is 0. The van der Waals surface area contributed by atoms with Crippen molar-refractivity contribution in [3.05, 3.63) is 22.3 Å². The van der Waals surface area contributed by atoms with Gasteiger partial charge in [-0.15, -0.1) is 11.3 Å². The Morgan fingerprint density at radius 2 is 2.20 bits per heavy atom. The molecule has 84 valence electrons. The second-order valence-corrected chi connectivity index (χ2v) is 4.92. The van der Waals surface area contributed by atoms with Gasteiger partial charge in [-0.1, -0.05) is 6.08 Å². The summed E-state index contributed by atoms with van der Waals surface area (Å²) in [5.41, 5.74) is 2.44. The molecule has 3 nitrogen and oxygen atoms in total. The summed E-state index contributed by atoms with van der Waals surface area (Å²) in [7, 11) is 6.01. The fraction of sp³-hybridized carbons (Fsp3) is 0.545. The Morgan fingerprint density at radius 3 is 2.67 bits per heavy atom. The van der Waals surface area contributed by atoms with E-state index in [4.69, 9.17) is 0 Å². The first kappa shape index (κ1) is 12.0. The maximum absolute atomic E-state index is 4.50. The van der Waals surface area contributed by atoms with E-state index in [1.807, 2.05) is 7.05 Å². The SMILES string of the molecule is CNc1nc(C/C=C(\C)N(C)C)c(C)s1. The number of hydrogen-bond acceptors (Lipinski definition) is 4. The molecule has 1 heterocycles. The molecule has 0 saturated carbocycles. The van der Waals surface area contributed by atoms with Crippen molar-refractivity contribution in [2.75, 3.05) is 26.5 Å². The van der Waals surface area contributed by atoms with Crippen LogP contribution in [0.4, 0.5) is 5.13 Å². The molecule has 1 aromatic rings. The Hall–Kier alpha value is -1.03. The zero-order chi connectivity index (χ0) is 11.4. The number of rotatable bonds is 4. The fourth-order valence-corrected chi connectivity index (χ4v) is 1.95. The maximum atomic E-state index is 4.50. The molecular weight excluding hydrogens is 206 g/mol. The topological polar surface area (TPSA) is 28.2 Å². The lowest BCUT2D eigenvalue weighted by Gasteiger charge is -2.11. The lowest BCUT2D eigenvalue weighted by molar-refractivity contribution is 0.511. The third-order valence-corrected chi connectivity index (χ3v) is 3.43. The molecule has 0 aliphatic carbocycles. The summed E-state index contributed by atoms with van der Waals surface area (Å²) in [5, 5.41) is 4.07. The predicted molar refractivity (Wildman–Crippen MR) is 67.5 cm³/mol. The van der Waals surface area contributed by atoms with E-state index in [1.165, 1.54) is 16.3 Å². The highest BCUT2D eigenvalue weighted by Crippen LogP contribution is 2.22. The number of thiazole rings is 1. The standard InChI is InChI=1S/C11H19N3S/c1-8(14(4)5)6-7-10-9(2)15-11(12-3)13-10/h6H,7H2,1-5H3,(H,12,13)/b8-6+. The molecule has 0 aliphatic heterocycles. The lowest BCUT2D eigenvalue weighted by atomic mass is 10.2. The highest BCUT2D eigenvalue weighted by atomic mass is 32.1. The van der Waals surface area contributed by atoms with Gasteiger partial charge in [-0.25, -0.2) is 4.98 Å². The quantitative estimate of drug-likeness (QED) is 0.853. The molecule has 0 radical (unpaired) electrons. The van der Waals surface area contributed by atoms with Crippen LogP contribution in [0.5, 0.6) is 0 Å². The summed E-state index contributed by atoms with van der Waals surface area (Å²) in [5.74, 6) is 0. The number of aryl methyl sites for hydroxylation is 1. The van der Waals surface area contributed by atoms with Gasteiger partial charge in [-0.2, -0.15) is 0 Å². The van der Waals surface area contributed by atoms with Crippen molar-refractivity contribution in [2.45, 2.75) is 20.3 Å². The molecule has 0 fully saturated rings. The molecule has 0 atom stereocenters. The molecular formula is C11H19N3S. The van der Waals surface area contributed by atoms with E-state index in [2.05, 4.69) is 49.2 Å². The molecule has 0 unspecified atom stereocenters. The zero-order valence-corrected chi connectivity index (χ0v) is 10.9. The van der Waals surface area contributed by atoms with Crippen LogP contribution in [0.1, 0.15) is 17.5 Å². The Kier molecular flexibility index (Phi) is 4.15. The summed E-state index contributed by atoms with van der Waals surface area (Å²) in [4.78, 5) is 7.91. The Bertz CT molecular complexity index is 353. The smallest absolute Gasteiger partial charge is 0.182 e. The van der Waals surface area contributed by atoms with Gasteiger partial charge in [0.15, 0.2) is 5.13 Å². The zero-order valence-electron chi connectivity index (χ0n) is 10.1. The van der Waals surface area contributed by atoms with Crippen LogP contribution in [0, 0.1) is 6.92 Å². The van der Waals surface area contributed by atoms with E-state index in [9.17, 15) is 0 Å². The van der Waals surface area contributed by atoms with Gasteiger partial charge in [-0.3, -0.25) is 0 Å². The minimum Gasteiger partial charge on any atom is -0.381 e. The molecule has 0 aliphatic rings. The van der Waals surface area contributed by atoms with E-state index >= 15 is 0 Å². The van der Waals surface area contributed by atoms with Crippen LogP contribution in [0.2, 0.25) is 0 Å². The van der Waals surface area contributed by atoms with Crippen molar-refractivity contribution in [2.24, 2.45) is 0 Å². The number of allylic oxidation sites excluding steroid dienone is 2. The van der Waals surface area contributed by atoms with Crippen molar-refractivity contribution in [3.63, 3.8) is 0 Å². The number of hydrogen-bond donors (Lipinski definition) is 1. The lowest BCUT2D eigenvalue weighted by Crippen LogP contribution is -2.08. The number of anilines is 1. The molecule has 0 aromatic carbocycles. The van der Waals surface area contributed by atoms with Gasteiger partial charge in [0.1, 0.15) is 0 Å². The molecule has 1 N–H and O–H groups in total. The van der Waals surface area contributed by atoms with Crippen molar-refractivity contribution in [1.82, 2.24) is 9.88 Å². The molecule has 15 heavy (non-hydrogen) atoms. The first-order valence-corrected chi connectivity index (χ1v) is 5.84. The molecule has 1 aromatic heterocycles. The largest absolute Gasteiger partial charge is 0.381 e. The van der Waals surface area contributed by atoms with Crippen molar-refractivity contribution in [3.8, 4) is 0 Å². The third kappa shape index (κ3) is 3.23. The number of nitrogens with zero attached hydrogens (tertiary/aromatic N) is 2. The van der Waals surface area contributed by atoms with E-state index in [-0.39, 0.29) is 0 Å². The minimum absolute atomic E-state index is 0.911.